The Kier molecular flexibility index (Phi) is 6.25. The quantitative estimate of drug-likeness (QED) is 0.438. The monoisotopic (exact) mass is 420 g/mol. The zero-order valence-electron chi connectivity index (χ0n) is 17.9. The molecule has 7 heteroatoms. The van der Waals surface area contributed by atoms with Crippen LogP contribution in [0.4, 0.5) is 5.69 Å². The van der Waals surface area contributed by atoms with Crippen molar-refractivity contribution in [2.75, 3.05) is 18.6 Å². The number of esters is 1. The van der Waals surface area contributed by atoms with Gasteiger partial charge in [-0.05, 0) is 67.8 Å². The van der Waals surface area contributed by atoms with E-state index in [4.69, 9.17) is 15.2 Å². The third-order valence-electron chi connectivity index (χ3n) is 4.82. The number of rotatable bonds is 6. The van der Waals surface area contributed by atoms with Gasteiger partial charge in [0.2, 0.25) is 5.78 Å². The number of ketones is 1. The zero-order chi connectivity index (χ0) is 22.7. The van der Waals surface area contributed by atoms with E-state index in [-0.39, 0.29) is 12.2 Å². The predicted octanol–water partition coefficient (Wildman–Crippen LogP) is 3.04. The van der Waals surface area contributed by atoms with Crippen LogP contribution < -0.4 is 15.4 Å². The lowest BCUT2D eigenvalue weighted by Gasteiger charge is -2.22. The molecule has 1 heterocycles. The Labute approximate surface area is 180 Å². The summed E-state index contributed by atoms with van der Waals surface area (Å²) in [7, 11) is 1.25. The standard InChI is InChI=1S/C24H24N2O5/c1-14-9-15(2)11-18(10-14)26-16(3)22(24(29)30-4)23(28)20(26)12-17-5-7-19(8-6-17)31-13-21(25)27/h5-12H,13H2,1-4H3,(H2,25,27)/b20-12-. The van der Waals surface area contributed by atoms with Gasteiger partial charge in [0.15, 0.2) is 6.61 Å². The lowest BCUT2D eigenvalue weighted by atomic mass is 10.1. The number of anilines is 1. The molecular weight excluding hydrogens is 396 g/mol. The normalized spacial score (nSPS) is 14.9. The first-order valence-electron chi connectivity index (χ1n) is 9.66. The molecule has 7 nitrogen and oxygen atoms in total. The number of primary amides is 1. The SMILES string of the molecule is COC(=O)C1=C(C)N(c2cc(C)cc(C)c2)/C(=C\c2ccc(OCC(N)=O)cc2)C1=O. The van der Waals surface area contributed by atoms with E-state index in [1.807, 2.05) is 32.0 Å². The molecule has 0 saturated heterocycles. The van der Waals surface area contributed by atoms with Gasteiger partial charge in [-0.2, -0.15) is 0 Å². The molecule has 1 amide bonds. The van der Waals surface area contributed by atoms with Crippen LogP contribution in [-0.4, -0.2) is 31.4 Å². The molecule has 0 bridgehead atoms. The average Bonchev–Trinajstić information content (AvgIpc) is 2.95. The summed E-state index contributed by atoms with van der Waals surface area (Å²) in [6.45, 7) is 5.46. The number of Topliss-reactive ketones (excluding diaryl/α,β-unsaturated/α-hetero) is 1. The minimum Gasteiger partial charge on any atom is -0.484 e. The Balaban J connectivity index is 2.05. The first kappa shape index (κ1) is 21.8. The van der Waals surface area contributed by atoms with Crippen LogP contribution in [-0.2, 0) is 19.1 Å². The van der Waals surface area contributed by atoms with E-state index in [1.54, 1.807) is 42.2 Å². The minimum atomic E-state index is -0.671. The number of hydrogen-bond acceptors (Lipinski definition) is 6. The maximum atomic E-state index is 13.2. The molecule has 0 saturated carbocycles. The van der Waals surface area contributed by atoms with Gasteiger partial charge in [-0.1, -0.05) is 18.2 Å². The van der Waals surface area contributed by atoms with Gasteiger partial charge in [0, 0.05) is 11.4 Å². The molecule has 3 rings (SSSR count). The van der Waals surface area contributed by atoms with E-state index in [1.165, 1.54) is 7.11 Å². The number of carbonyl (C=O) groups excluding carboxylic acids is 3. The molecule has 160 valence electrons. The number of hydrogen-bond donors (Lipinski definition) is 1. The average molecular weight is 420 g/mol. The number of aryl methyl sites for hydroxylation is 2. The van der Waals surface area contributed by atoms with Gasteiger partial charge in [0.25, 0.3) is 5.91 Å². The van der Waals surface area contributed by atoms with Gasteiger partial charge in [-0.25, -0.2) is 4.79 Å². The van der Waals surface area contributed by atoms with Crippen molar-refractivity contribution in [1.82, 2.24) is 0 Å². The number of ether oxygens (including phenoxy) is 2. The molecule has 2 aromatic carbocycles. The highest BCUT2D eigenvalue weighted by Gasteiger charge is 2.38. The van der Waals surface area contributed by atoms with Gasteiger partial charge >= 0.3 is 5.97 Å². The molecule has 1 aliphatic rings. The summed E-state index contributed by atoms with van der Waals surface area (Å²) in [4.78, 5) is 38.1. The molecule has 0 spiro atoms. The topological polar surface area (TPSA) is 98.9 Å². The second-order valence-corrected chi connectivity index (χ2v) is 7.32. The van der Waals surface area contributed by atoms with Crippen LogP contribution in [0.5, 0.6) is 5.75 Å². The fourth-order valence-electron chi connectivity index (χ4n) is 3.54. The largest absolute Gasteiger partial charge is 0.484 e. The van der Waals surface area contributed by atoms with E-state index in [2.05, 4.69) is 0 Å². The van der Waals surface area contributed by atoms with Crippen LogP contribution in [0.25, 0.3) is 6.08 Å². The summed E-state index contributed by atoms with van der Waals surface area (Å²) in [5.74, 6) is -1.16. The number of carbonyl (C=O) groups is 3. The van der Waals surface area contributed by atoms with Gasteiger partial charge in [-0.15, -0.1) is 0 Å². The summed E-state index contributed by atoms with van der Waals surface area (Å²) in [5, 5.41) is 0. The Morgan fingerprint density at radius 1 is 1.03 bits per heavy atom. The molecule has 0 aliphatic carbocycles. The molecule has 2 aromatic rings. The summed E-state index contributed by atoms with van der Waals surface area (Å²) < 4.78 is 10.1. The maximum Gasteiger partial charge on any atom is 0.343 e. The molecule has 0 radical (unpaired) electrons. The predicted molar refractivity (Wildman–Crippen MR) is 117 cm³/mol. The summed E-state index contributed by atoms with van der Waals surface area (Å²) in [6.07, 6.45) is 1.71. The van der Waals surface area contributed by atoms with E-state index in [9.17, 15) is 14.4 Å². The lowest BCUT2D eigenvalue weighted by Crippen LogP contribution is -2.20. The van der Waals surface area contributed by atoms with Gasteiger partial charge in [-0.3, -0.25) is 9.59 Å². The van der Waals surface area contributed by atoms with Crippen molar-refractivity contribution in [1.29, 1.82) is 0 Å². The van der Waals surface area contributed by atoms with E-state index < -0.39 is 17.7 Å². The molecule has 0 fully saturated rings. The van der Waals surface area contributed by atoms with Crippen molar-refractivity contribution in [3.8, 4) is 5.75 Å². The fraction of sp³-hybridized carbons (Fsp3) is 0.208. The first-order valence-corrected chi connectivity index (χ1v) is 9.66. The molecular formula is C24H24N2O5. The third-order valence-corrected chi connectivity index (χ3v) is 4.82. The second kappa shape index (κ2) is 8.87. The summed E-state index contributed by atoms with van der Waals surface area (Å²) in [5.41, 5.74) is 9.54. The highest BCUT2D eigenvalue weighted by Crippen LogP contribution is 2.36. The minimum absolute atomic E-state index is 0.00863. The molecule has 0 aromatic heterocycles. The highest BCUT2D eigenvalue weighted by molar-refractivity contribution is 6.30. The van der Waals surface area contributed by atoms with Crippen LogP contribution in [0.1, 0.15) is 23.6 Å². The number of amides is 1. The molecule has 0 atom stereocenters. The molecule has 2 N–H and O–H groups in total. The summed E-state index contributed by atoms with van der Waals surface area (Å²) in [6, 6.07) is 12.8. The molecule has 0 unspecified atom stereocenters. The third kappa shape index (κ3) is 4.66. The van der Waals surface area contributed by atoms with Crippen molar-refractivity contribution in [3.63, 3.8) is 0 Å². The Morgan fingerprint density at radius 2 is 1.65 bits per heavy atom. The zero-order valence-corrected chi connectivity index (χ0v) is 17.9. The van der Waals surface area contributed by atoms with Crippen molar-refractivity contribution in [2.45, 2.75) is 20.8 Å². The Hall–Kier alpha value is -3.87. The van der Waals surface area contributed by atoms with Gasteiger partial charge < -0.3 is 20.1 Å². The van der Waals surface area contributed by atoms with Crippen LogP contribution >= 0.6 is 0 Å². The van der Waals surface area contributed by atoms with Crippen LogP contribution in [0.2, 0.25) is 0 Å². The number of methoxy groups -OCH3 is 1. The second-order valence-electron chi connectivity index (χ2n) is 7.32. The molecule has 1 aliphatic heterocycles. The van der Waals surface area contributed by atoms with Gasteiger partial charge in [0.1, 0.15) is 11.3 Å². The van der Waals surface area contributed by atoms with Crippen molar-refractivity contribution < 1.29 is 23.9 Å². The van der Waals surface area contributed by atoms with Crippen LogP contribution in [0.15, 0.2) is 59.4 Å². The van der Waals surface area contributed by atoms with Crippen molar-refractivity contribution in [2.24, 2.45) is 5.73 Å². The Morgan fingerprint density at radius 3 is 2.19 bits per heavy atom. The highest BCUT2D eigenvalue weighted by atomic mass is 16.5. The van der Waals surface area contributed by atoms with E-state index in [0.717, 1.165) is 22.4 Å². The molecule has 31 heavy (non-hydrogen) atoms. The van der Waals surface area contributed by atoms with Crippen molar-refractivity contribution >= 4 is 29.4 Å². The van der Waals surface area contributed by atoms with E-state index in [0.29, 0.717) is 17.1 Å². The number of nitrogens with two attached hydrogens (primary N) is 1. The summed E-state index contributed by atoms with van der Waals surface area (Å²) >= 11 is 0. The fourth-order valence-corrected chi connectivity index (χ4v) is 3.54. The van der Waals surface area contributed by atoms with Gasteiger partial charge in [0.05, 0.1) is 12.8 Å². The van der Waals surface area contributed by atoms with Crippen LogP contribution in [0.3, 0.4) is 0 Å². The smallest absolute Gasteiger partial charge is 0.343 e. The van der Waals surface area contributed by atoms with E-state index >= 15 is 0 Å². The number of allylic oxidation sites excluding steroid dienone is 2. The number of nitrogens with zero attached hydrogens (tertiary/aromatic N) is 1. The number of benzene rings is 2. The van der Waals surface area contributed by atoms with Crippen molar-refractivity contribution in [3.05, 3.63) is 76.1 Å². The first-order chi connectivity index (χ1) is 14.7. The maximum absolute atomic E-state index is 13.2. The lowest BCUT2D eigenvalue weighted by molar-refractivity contribution is -0.137. The van der Waals surface area contributed by atoms with Crippen LogP contribution in [0, 0.1) is 13.8 Å². The Bertz CT molecular complexity index is 1090.